The fourth-order valence-corrected chi connectivity index (χ4v) is 3.16. The number of rotatable bonds is 6. The first-order chi connectivity index (χ1) is 7.45. The predicted octanol–water partition coefficient (Wildman–Crippen LogP) is 2.00. The van der Waals surface area contributed by atoms with E-state index in [0.717, 1.165) is 25.5 Å². The minimum absolute atomic E-state index is 0.592. The van der Waals surface area contributed by atoms with Crippen molar-refractivity contribution in [2.24, 2.45) is 0 Å². The average Bonchev–Trinajstić information content (AvgIpc) is 2.88. The summed E-state index contributed by atoms with van der Waals surface area (Å²) in [5.41, 5.74) is 0. The van der Waals surface area contributed by atoms with Crippen LogP contribution in [0.15, 0.2) is 15.9 Å². The second-order valence-electron chi connectivity index (χ2n) is 3.51. The van der Waals surface area contributed by atoms with Crippen LogP contribution >= 0.6 is 23.1 Å². The van der Waals surface area contributed by atoms with E-state index in [0.29, 0.717) is 6.04 Å². The quantitative estimate of drug-likeness (QED) is 0.613. The van der Waals surface area contributed by atoms with Gasteiger partial charge < -0.3 is 10.1 Å². The standard InChI is InChI=1S/C10H16N2OS2/c1(3-11-9-2-5-13-8-9)6-14-10-12-4-7-15-10/h4,7,9,11H,1-3,5-6,8H2. The summed E-state index contributed by atoms with van der Waals surface area (Å²) < 4.78 is 6.48. The van der Waals surface area contributed by atoms with Crippen LogP contribution in [0.25, 0.3) is 0 Å². The molecule has 0 spiro atoms. The number of nitrogens with zero attached hydrogens (tertiary/aromatic N) is 1. The molecule has 0 bridgehead atoms. The molecule has 1 saturated heterocycles. The smallest absolute Gasteiger partial charge is 0.149 e. The van der Waals surface area contributed by atoms with E-state index >= 15 is 0 Å². The third-order valence-electron chi connectivity index (χ3n) is 2.32. The monoisotopic (exact) mass is 244 g/mol. The van der Waals surface area contributed by atoms with Gasteiger partial charge in [-0.2, -0.15) is 0 Å². The second-order valence-corrected chi connectivity index (χ2v) is 5.75. The zero-order chi connectivity index (χ0) is 10.3. The second kappa shape index (κ2) is 6.48. The molecule has 0 saturated carbocycles. The van der Waals surface area contributed by atoms with Crippen molar-refractivity contribution in [1.29, 1.82) is 0 Å². The first kappa shape index (κ1) is 11.4. The normalized spacial score (nSPS) is 20.9. The van der Waals surface area contributed by atoms with Crippen LogP contribution < -0.4 is 5.32 Å². The largest absolute Gasteiger partial charge is 0.380 e. The highest BCUT2D eigenvalue weighted by molar-refractivity contribution is 8.00. The highest BCUT2D eigenvalue weighted by Gasteiger charge is 2.13. The maximum absolute atomic E-state index is 5.30. The van der Waals surface area contributed by atoms with Gasteiger partial charge in [-0.15, -0.1) is 11.3 Å². The van der Waals surface area contributed by atoms with Crippen molar-refractivity contribution in [2.75, 3.05) is 25.5 Å². The number of ether oxygens (including phenoxy) is 1. The third-order valence-corrected chi connectivity index (χ3v) is 4.37. The van der Waals surface area contributed by atoms with E-state index in [9.17, 15) is 0 Å². The molecule has 2 rings (SSSR count). The van der Waals surface area contributed by atoms with Gasteiger partial charge in [0.2, 0.25) is 0 Å². The van der Waals surface area contributed by atoms with E-state index in [1.165, 1.54) is 17.2 Å². The van der Waals surface area contributed by atoms with Crippen LogP contribution in [0.5, 0.6) is 0 Å². The summed E-state index contributed by atoms with van der Waals surface area (Å²) in [7, 11) is 0. The molecule has 1 atom stereocenters. The Kier molecular flexibility index (Phi) is 4.92. The Balaban J connectivity index is 1.48. The fourth-order valence-electron chi connectivity index (χ4n) is 1.51. The fraction of sp³-hybridized carbons (Fsp3) is 0.700. The van der Waals surface area contributed by atoms with E-state index in [1.54, 1.807) is 11.3 Å². The summed E-state index contributed by atoms with van der Waals surface area (Å²) in [6.07, 6.45) is 4.22. The number of aromatic nitrogens is 1. The summed E-state index contributed by atoms with van der Waals surface area (Å²) in [5.74, 6) is 1.15. The third kappa shape index (κ3) is 4.10. The van der Waals surface area contributed by atoms with Crippen molar-refractivity contribution in [3.63, 3.8) is 0 Å². The Bertz CT molecular complexity index is 260. The van der Waals surface area contributed by atoms with Gasteiger partial charge >= 0.3 is 0 Å². The summed E-state index contributed by atoms with van der Waals surface area (Å²) >= 11 is 3.56. The Labute approximate surface area is 98.6 Å². The molecule has 1 fully saturated rings. The van der Waals surface area contributed by atoms with Gasteiger partial charge in [0.05, 0.1) is 6.61 Å². The molecule has 3 nitrogen and oxygen atoms in total. The zero-order valence-electron chi connectivity index (χ0n) is 8.65. The molecule has 1 N–H and O–H groups in total. The van der Waals surface area contributed by atoms with Gasteiger partial charge in [0.15, 0.2) is 0 Å². The highest BCUT2D eigenvalue weighted by Crippen LogP contribution is 2.20. The van der Waals surface area contributed by atoms with Crippen molar-refractivity contribution in [1.82, 2.24) is 10.3 Å². The van der Waals surface area contributed by atoms with E-state index in [2.05, 4.69) is 10.3 Å². The van der Waals surface area contributed by atoms with Gasteiger partial charge in [-0.3, -0.25) is 0 Å². The molecule has 15 heavy (non-hydrogen) atoms. The lowest BCUT2D eigenvalue weighted by atomic mass is 10.2. The number of hydrogen-bond acceptors (Lipinski definition) is 5. The molecular weight excluding hydrogens is 228 g/mol. The molecule has 1 aliphatic heterocycles. The van der Waals surface area contributed by atoms with Crippen molar-refractivity contribution in [2.45, 2.75) is 23.2 Å². The molecule has 2 heterocycles. The predicted molar refractivity (Wildman–Crippen MR) is 64.7 cm³/mol. The van der Waals surface area contributed by atoms with Gasteiger partial charge in [-0.05, 0) is 19.4 Å². The minimum atomic E-state index is 0.592. The lowest BCUT2D eigenvalue weighted by molar-refractivity contribution is 0.190. The van der Waals surface area contributed by atoms with Crippen LogP contribution in [0.1, 0.15) is 12.8 Å². The number of hydrogen-bond donors (Lipinski definition) is 1. The molecule has 1 unspecified atom stereocenters. The summed E-state index contributed by atoms with van der Waals surface area (Å²) in [6.45, 7) is 2.90. The Morgan fingerprint density at radius 3 is 3.40 bits per heavy atom. The lowest BCUT2D eigenvalue weighted by Gasteiger charge is -2.09. The lowest BCUT2D eigenvalue weighted by Crippen LogP contribution is -2.30. The van der Waals surface area contributed by atoms with E-state index in [4.69, 9.17) is 4.74 Å². The van der Waals surface area contributed by atoms with E-state index < -0.39 is 0 Å². The average molecular weight is 244 g/mol. The first-order valence-corrected chi connectivity index (χ1v) is 7.15. The van der Waals surface area contributed by atoms with Crippen molar-refractivity contribution < 1.29 is 4.74 Å². The molecule has 0 radical (unpaired) electrons. The Morgan fingerprint density at radius 1 is 1.67 bits per heavy atom. The molecule has 1 aromatic heterocycles. The van der Waals surface area contributed by atoms with Gasteiger partial charge in [-0.25, -0.2) is 4.98 Å². The molecule has 1 aliphatic rings. The van der Waals surface area contributed by atoms with Gasteiger partial charge in [-0.1, -0.05) is 11.8 Å². The molecule has 5 heteroatoms. The minimum Gasteiger partial charge on any atom is -0.380 e. The van der Waals surface area contributed by atoms with Crippen LogP contribution in [0, 0.1) is 0 Å². The molecule has 0 aliphatic carbocycles. The zero-order valence-corrected chi connectivity index (χ0v) is 10.3. The SMILES string of the molecule is c1csc(SCCCNC2CCOC2)n1. The summed E-state index contributed by atoms with van der Waals surface area (Å²) in [5, 5.41) is 5.53. The summed E-state index contributed by atoms with van der Waals surface area (Å²) in [4.78, 5) is 4.23. The van der Waals surface area contributed by atoms with Crippen LogP contribution in [0.4, 0.5) is 0 Å². The molecular formula is C10H16N2OS2. The molecule has 84 valence electrons. The number of thiazole rings is 1. The van der Waals surface area contributed by atoms with Crippen LogP contribution in [0.2, 0.25) is 0 Å². The Hall–Kier alpha value is -0.100. The highest BCUT2D eigenvalue weighted by atomic mass is 32.2. The molecule has 0 amide bonds. The van der Waals surface area contributed by atoms with Gasteiger partial charge in [0.1, 0.15) is 4.34 Å². The number of nitrogens with one attached hydrogen (secondary N) is 1. The van der Waals surface area contributed by atoms with Gasteiger partial charge in [0.25, 0.3) is 0 Å². The number of thioether (sulfide) groups is 1. The Morgan fingerprint density at radius 2 is 2.67 bits per heavy atom. The van der Waals surface area contributed by atoms with Crippen molar-refractivity contribution in [3.8, 4) is 0 Å². The maximum atomic E-state index is 5.30. The van der Waals surface area contributed by atoms with E-state index in [-0.39, 0.29) is 0 Å². The van der Waals surface area contributed by atoms with E-state index in [1.807, 2.05) is 23.3 Å². The van der Waals surface area contributed by atoms with Crippen LogP contribution in [-0.4, -0.2) is 36.5 Å². The topological polar surface area (TPSA) is 34.1 Å². The molecule has 1 aromatic rings. The van der Waals surface area contributed by atoms with Gasteiger partial charge in [0, 0.05) is 30.0 Å². The van der Waals surface area contributed by atoms with Crippen molar-refractivity contribution in [3.05, 3.63) is 11.6 Å². The van der Waals surface area contributed by atoms with Crippen LogP contribution in [-0.2, 0) is 4.74 Å². The van der Waals surface area contributed by atoms with Crippen LogP contribution in [0.3, 0.4) is 0 Å². The molecule has 0 aromatic carbocycles. The summed E-state index contributed by atoms with van der Waals surface area (Å²) in [6, 6.07) is 0.592. The van der Waals surface area contributed by atoms with Crippen molar-refractivity contribution >= 4 is 23.1 Å². The first-order valence-electron chi connectivity index (χ1n) is 5.28. The maximum Gasteiger partial charge on any atom is 0.149 e.